The van der Waals surface area contributed by atoms with Gasteiger partial charge in [0.25, 0.3) is 0 Å². The number of hydrogen-bond donors (Lipinski definition) is 3. The number of carbonyl (C=O) groups excluding carboxylic acids is 2. The number of aliphatic carboxylic acids is 1. The van der Waals surface area contributed by atoms with Crippen LogP contribution in [0.15, 0.2) is 18.2 Å². The molecule has 1 aliphatic heterocycles. The summed E-state index contributed by atoms with van der Waals surface area (Å²) in [5.41, 5.74) is 1.50. The number of aryl methyl sites for hydroxylation is 1. The Morgan fingerprint density at radius 3 is 2.69 bits per heavy atom. The maximum Gasteiger partial charge on any atom is 0.320 e. The predicted octanol–water partition coefficient (Wildman–Crippen LogP) is 1.03. The number of halogens is 1. The normalized spacial score (nSPS) is 16.5. The summed E-state index contributed by atoms with van der Waals surface area (Å²) < 4.78 is 5.19. The zero-order valence-electron chi connectivity index (χ0n) is 14.8. The Morgan fingerprint density at radius 1 is 1.31 bits per heavy atom. The Balaban J connectivity index is 0.00000338. The van der Waals surface area contributed by atoms with E-state index in [1.165, 1.54) is 7.11 Å². The molecule has 0 spiro atoms. The number of hydrogen-bond acceptors (Lipinski definition) is 5. The molecule has 1 unspecified atom stereocenters. The van der Waals surface area contributed by atoms with Crippen molar-refractivity contribution in [1.82, 2.24) is 10.2 Å². The summed E-state index contributed by atoms with van der Waals surface area (Å²) in [4.78, 5) is 36.7. The number of carboxylic acids is 1. The van der Waals surface area contributed by atoms with Gasteiger partial charge in [0.2, 0.25) is 11.8 Å². The lowest BCUT2D eigenvalue weighted by Gasteiger charge is -2.20. The molecule has 2 amide bonds. The van der Waals surface area contributed by atoms with E-state index >= 15 is 0 Å². The van der Waals surface area contributed by atoms with Crippen LogP contribution >= 0.6 is 12.4 Å². The minimum atomic E-state index is -0.922. The SMILES string of the molecule is COc1ccc(C)cc1NC(=O)CNC(=O)CN1CCCC1C(=O)O.Cl. The van der Waals surface area contributed by atoms with Gasteiger partial charge >= 0.3 is 5.97 Å². The lowest BCUT2D eigenvalue weighted by atomic mass is 10.2. The van der Waals surface area contributed by atoms with Crippen molar-refractivity contribution in [3.8, 4) is 5.75 Å². The standard InChI is InChI=1S/C17H23N3O5.ClH/c1-11-5-6-14(25-2)12(8-11)19-15(21)9-18-16(22)10-20-7-3-4-13(20)17(23)24;/h5-6,8,13H,3-4,7,9-10H2,1-2H3,(H,18,22)(H,19,21)(H,23,24);1H. The summed E-state index contributed by atoms with van der Waals surface area (Å²) in [6.45, 7) is 2.24. The molecular weight excluding hydrogens is 362 g/mol. The zero-order chi connectivity index (χ0) is 18.4. The van der Waals surface area contributed by atoms with E-state index in [0.717, 1.165) is 12.0 Å². The van der Waals surface area contributed by atoms with Crippen molar-refractivity contribution in [2.24, 2.45) is 0 Å². The van der Waals surface area contributed by atoms with Gasteiger partial charge in [0.05, 0.1) is 25.9 Å². The van der Waals surface area contributed by atoms with Gasteiger partial charge in [-0.15, -0.1) is 12.4 Å². The van der Waals surface area contributed by atoms with Crippen LogP contribution in [0.2, 0.25) is 0 Å². The minimum absolute atomic E-state index is 0. The van der Waals surface area contributed by atoms with E-state index in [4.69, 9.17) is 9.84 Å². The molecule has 0 aromatic heterocycles. The van der Waals surface area contributed by atoms with E-state index in [1.807, 2.05) is 13.0 Å². The van der Waals surface area contributed by atoms with E-state index in [-0.39, 0.29) is 37.3 Å². The molecule has 1 aromatic carbocycles. The second-order valence-electron chi connectivity index (χ2n) is 6.00. The summed E-state index contributed by atoms with van der Waals surface area (Å²) >= 11 is 0. The summed E-state index contributed by atoms with van der Waals surface area (Å²) in [6.07, 6.45) is 1.29. The summed E-state index contributed by atoms with van der Waals surface area (Å²) in [6, 6.07) is 4.77. The van der Waals surface area contributed by atoms with Gasteiger partial charge in [0.1, 0.15) is 11.8 Å². The molecule has 2 rings (SSSR count). The van der Waals surface area contributed by atoms with Gasteiger partial charge in [-0.25, -0.2) is 0 Å². The van der Waals surface area contributed by atoms with E-state index in [1.54, 1.807) is 17.0 Å². The topological polar surface area (TPSA) is 108 Å². The molecule has 0 radical (unpaired) electrons. The van der Waals surface area contributed by atoms with Gasteiger partial charge in [-0.1, -0.05) is 6.07 Å². The van der Waals surface area contributed by atoms with Crippen LogP contribution in [0, 0.1) is 6.92 Å². The number of anilines is 1. The number of likely N-dealkylation sites (tertiary alicyclic amines) is 1. The minimum Gasteiger partial charge on any atom is -0.495 e. The Morgan fingerprint density at radius 2 is 2.04 bits per heavy atom. The largest absolute Gasteiger partial charge is 0.495 e. The highest BCUT2D eigenvalue weighted by atomic mass is 35.5. The zero-order valence-corrected chi connectivity index (χ0v) is 15.6. The third-order valence-electron chi connectivity index (χ3n) is 4.07. The number of amides is 2. The highest BCUT2D eigenvalue weighted by Gasteiger charge is 2.31. The van der Waals surface area contributed by atoms with Crippen LogP contribution in [0.1, 0.15) is 18.4 Å². The van der Waals surface area contributed by atoms with Crippen LogP contribution in [0.4, 0.5) is 5.69 Å². The molecule has 1 fully saturated rings. The van der Waals surface area contributed by atoms with E-state index in [9.17, 15) is 14.4 Å². The van der Waals surface area contributed by atoms with Crippen molar-refractivity contribution in [1.29, 1.82) is 0 Å². The molecular formula is C17H24ClN3O5. The molecule has 26 heavy (non-hydrogen) atoms. The molecule has 1 saturated heterocycles. The quantitative estimate of drug-likeness (QED) is 0.647. The van der Waals surface area contributed by atoms with Crippen LogP contribution in [0.5, 0.6) is 5.75 Å². The molecule has 1 heterocycles. The van der Waals surface area contributed by atoms with Gasteiger partial charge in [-0.3, -0.25) is 19.3 Å². The maximum atomic E-state index is 12.0. The summed E-state index contributed by atoms with van der Waals surface area (Å²) in [7, 11) is 1.51. The van der Waals surface area contributed by atoms with Crippen molar-refractivity contribution in [3.63, 3.8) is 0 Å². The Hall–Kier alpha value is -2.32. The first-order valence-electron chi connectivity index (χ1n) is 8.08. The predicted molar refractivity (Wildman–Crippen MR) is 98.8 cm³/mol. The highest BCUT2D eigenvalue weighted by molar-refractivity contribution is 5.96. The van der Waals surface area contributed by atoms with Gasteiger partial charge < -0.3 is 20.5 Å². The number of nitrogens with zero attached hydrogens (tertiary/aromatic N) is 1. The van der Waals surface area contributed by atoms with Gasteiger partial charge in [-0.2, -0.15) is 0 Å². The molecule has 144 valence electrons. The molecule has 1 aliphatic rings. The molecule has 9 heteroatoms. The van der Waals surface area contributed by atoms with Gasteiger partial charge in [0.15, 0.2) is 0 Å². The van der Waals surface area contributed by atoms with Gasteiger partial charge in [-0.05, 0) is 44.0 Å². The Bertz CT molecular complexity index is 668. The first kappa shape index (κ1) is 21.7. The monoisotopic (exact) mass is 385 g/mol. The molecule has 1 atom stereocenters. The van der Waals surface area contributed by atoms with E-state index < -0.39 is 12.0 Å². The van der Waals surface area contributed by atoms with Crippen molar-refractivity contribution in [3.05, 3.63) is 23.8 Å². The summed E-state index contributed by atoms with van der Waals surface area (Å²) in [5.74, 6) is -1.14. The molecule has 0 aliphatic carbocycles. The fourth-order valence-corrected chi connectivity index (χ4v) is 2.83. The van der Waals surface area contributed by atoms with E-state index in [2.05, 4.69) is 10.6 Å². The second kappa shape index (κ2) is 9.98. The molecule has 3 N–H and O–H groups in total. The van der Waals surface area contributed by atoms with Crippen LogP contribution in [-0.2, 0) is 14.4 Å². The first-order valence-corrected chi connectivity index (χ1v) is 8.08. The number of carbonyl (C=O) groups is 3. The average Bonchev–Trinajstić information content (AvgIpc) is 3.01. The van der Waals surface area contributed by atoms with Crippen molar-refractivity contribution in [2.45, 2.75) is 25.8 Å². The molecule has 8 nitrogen and oxygen atoms in total. The number of carboxylic acid groups (broad SMARTS) is 1. The Kier molecular flexibility index (Phi) is 8.34. The smallest absolute Gasteiger partial charge is 0.320 e. The van der Waals surface area contributed by atoms with Gasteiger partial charge in [0, 0.05) is 0 Å². The lowest BCUT2D eigenvalue weighted by molar-refractivity contribution is -0.142. The number of rotatable bonds is 7. The van der Waals surface area contributed by atoms with E-state index in [0.29, 0.717) is 24.4 Å². The number of nitrogens with one attached hydrogen (secondary N) is 2. The maximum absolute atomic E-state index is 12.0. The first-order chi connectivity index (χ1) is 11.9. The van der Waals surface area contributed by atoms with Crippen LogP contribution in [0.25, 0.3) is 0 Å². The molecule has 1 aromatic rings. The van der Waals surface area contributed by atoms with Crippen molar-refractivity contribution < 1.29 is 24.2 Å². The van der Waals surface area contributed by atoms with Crippen molar-refractivity contribution in [2.75, 3.05) is 32.1 Å². The average molecular weight is 386 g/mol. The lowest BCUT2D eigenvalue weighted by Crippen LogP contribution is -2.44. The fraction of sp³-hybridized carbons (Fsp3) is 0.471. The fourth-order valence-electron chi connectivity index (χ4n) is 2.83. The third-order valence-corrected chi connectivity index (χ3v) is 4.07. The Labute approximate surface area is 158 Å². The van der Waals surface area contributed by atoms with Crippen LogP contribution in [-0.4, -0.2) is 60.6 Å². The number of methoxy groups -OCH3 is 1. The highest BCUT2D eigenvalue weighted by Crippen LogP contribution is 2.24. The second-order valence-corrected chi connectivity index (χ2v) is 6.00. The molecule has 0 bridgehead atoms. The van der Waals surface area contributed by atoms with Crippen LogP contribution < -0.4 is 15.4 Å². The van der Waals surface area contributed by atoms with Crippen molar-refractivity contribution >= 4 is 35.9 Å². The number of benzene rings is 1. The summed E-state index contributed by atoms with van der Waals surface area (Å²) in [5, 5.41) is 14.3. The van der Waals surface area contributed by atoms with Crippen LogP contribution in [0.3, 0.4) is 0 Å². The molecule has 0 saturated carbocycles. The number of ether oxygens (including phenoxy) is 1. The third kappa shape index (κ3) is 5.89.